The number of allylic oxidation sites excluding steroid dienone is 6. The Kier molecular flexibility index (Phi) is 6.71. The molecule has 0 bridgehead atoms. The van der Waals surface area contributed by atoms with Gasteiger partial charge in [0.1, 0.15) is 29.1 Å². The molecule has 3 aromatic rings. The van der Waals surface area contributed by atoms with Gasteiger partial charge in [-0.2, -0.15) is 0 Å². The van der Waals surface area contributed by atoms with E-state index in [0.29, 0.717) is 23.4 Å². The molecule has 0 saturated carbocycles. The lowest BCUT2D eigenvalue weighted by molar-refractivity contribution is 0.0960. The van der Waals surface area contributed by atoms with Crippen molar-refractivity contribution in [2.75, 3.05) is 25.2 Å². The predicted octanol–water partition coefficient (Wildman–Crippen LogP) is 5.44. The topological polar surface area (TPSA) is 126 Å². The summed E-state index contributed by atoms with van der Waals surface area (Å²) in [7, 11) is 0. The second-order valence-electron chi connectivity index (χ2n) is 11.8. The molecule has 0 atom stereocenters. The normalized spacial score (nSPS) is 18.9. The molecule has 8 rings (SSSR count). The number of ether oxygens (including phenoxy) is 3. The summed E-state index contributed by atoms with van der Waals surface area (Å²) in [4.78, 5) is 14.5. The van der Waals surface area contributed by atoms with Gasteiger partial charge >= 0.3 is 0 Å². The second-order valence-corrected chi connectivity index (χ2v) is 11.8. The van der Waals surface area contributed by atoms with Gasteiger partial charge in [-0.1, -0.05) is 6.07 Å². The molecule has 1 saturated heterocycles. The van der Waals surface area contributed by atoms with Gasteiger partial charge in [0.2, 0.25) is 6.79 Å². The molecule has 1 fully saturated rings. The Morgan fingerprint density at radius 3 is 2.73 bits per heavy atom. The fourth-order valence-corrected chi connectivity index (χ4v) is 6.35. The molecule has 226 valence electrons. The van der Waals surface area contributed by atoms with Crippen LogP contribution in [0.1, 0.15) is 49.2 Å². The van der Waals surface area contributed by atoms with Gasteiger partial charge in [-0.05, 0) is 105 Å². The van der Waals surface area contributed by atoms with Gasteiger partial charge < -0.3 is 30.2 Å². The maximum Gasteiger partial charge on any atom is 0.231 e. The summed E-state index contributed by atoms with van der Waals surface area (Å²) in [5.74, 6) is 3.28. The lowest BCUT2D eigenvalue weighted by Gasteiger charge is -2.24. The molecule has 4 N–H and O–H groups in total. The van der Waals surface area contributed by atoms with Crippen LogP contribution >= 0.6 is 0 Å². The Bertz CT molecular complexity index is 1910. The van der Waals surface area contributed by atoms with Gasteiger partial charge in [0.05, 0.1) is 11.4 Å². The van der Waals surface area contributed by atoms with Crippen LogP contribution < -0.4 is 25.4 Å². The van der Waals surface area contributed by atoms with Gasteiger partial charge in [-0.3, -0.25) is 5.41 Å². The van der Waals surface area contributed by atoms with Crippen LogP contribution in [0.3, 0.4) is 0 Å². The minimum Gasteiger partial charge on any atom is -0.490 e. The summed E-state index contributed by atoms with van der Waals surface area (Å²) in [6, 6.07) is 11.9. The third kappa shape index (κ3) is 5.06. The largest absolute Gasteiger partial charge is 0.490 e. The maximum atomic E-state index is 8.66. The summed E-state index contributed by atoms with van der Waals surface area (Å²) < 4.78 is 17.6. The lowest BCUT2D eigenvalue weighted by atomic mass is 9.91. The number of nitrogens with zero attached hydrogens (tertiary/aromatic N) is 3. The SMILES string of the molecule is CC1=CC(OC2CCNCC2)=CC(c2ccc3c(n2)C(C2=C(C)Cc4c(-c5ccc6c(c5)OCO6)ccnc4N2)=NC3=N)=CN1. The van der Waals surface area contributed by atoms with E-state index in [2.05, 4.69) is 22.9 Å². The third-order valence-corrected chi connectivity index (χ3v) is 8.68. The van der Waals surface area contributed by atoms with Crippen molar-refractivity contribution in [2.24, 2.45) is 4.99 Å². The van der Waals surface area contributed by atoms with Gasteiger partial charge in [0, 0.05) is 34.8 Å². The van der Waals surface area contributed by atoms with E-state index in [4.69, 9.17) is 34.6 Å². The van der Waals surface area contributed by atoms with Crippen LogP contribution in [0.4, 0.5) is 5.82 Å². The van der Waals surface area contributed by atoms with Crippen LogP contribution in [-0.4, -0.2) is 47.5 Å². The number of fused-ring (bicyclic) bond motifs is 3. The third-order valence-electron chi connectivity index (χ3n) is 8.68. The van der Waals surface area contributed by atoms with Crippen LogP contribution in [0, 0.1) is 5.41 Å². The molecule has 2 aromatic heterocycles. The molecule has 0 radical (unpaired) electrons. The summed E-state index contributed by atoms with van der Waals surface area (Å²) in [6.07, 6.45) is 10.7. The molecule has 0 aliphatic carbocycles. The molecule has 0 unspecified atom stereocenters. The van der Waals surface area contributed by atoms with E-state index in [1.807, 2.05) is 67.9 Å². The molecule has 0 amide bonds. The number of aromatic nitrogens is 2. The zero-order chi connectivity index (χ0) is 30.5. The molecular formula is C35H33N7O3. The Morgan fingerprint density at radius 2 is 1.84 bits per heavy atom. The van der Waals surface area contributed by atoms with Crippen molar-refractivity contribution < 1.29 is 14.2 Å². The summed E-state index contributed by atoms with van der Waals surface area (Å²) in [6.45, 7) is 6.28. The standard InChI is InChI=1S/C35H33N7O3/c1-19-13-27-25(21-3-6-29-30(16-21)44-18-43-29)9-12-38-35(27)42-31(19)33-32-26(34(36)41-33)4-5-28(40-32)22-15-24(14-20(2)39-17-22)45-23-7-10-37-11-8-23/h3-6,9,12,14-17,23,36-37,39H,7-8,10-11,13,18H2,1-2H3,(H,38,42). The van der Waals surface area contributed by atoms with E-state index >= 15 is 0 Å². The molecule has 5 aliphatic rings. The second kappa shape index (κ2) is 11.0. The average molecular weight is 600 g/mol. The first kappa shape index (κ1) is 27.3. The van der Waals surface area contributed by atoms with Crippen LogP contribution in [0.5, 0.6) is 11.5 Å². The minimum atomic E-state index is 0.183. The number of hydrogen-bond donors (Lipinski definition) is 4. The molecule has 5 aliphatic heterocycles. The highest BCUT2D eigenvalue weighted by Crippen LogP contribution is 2.40. The summed E-state index contributed by atoms with van der Waals surface area (Å²) in [5.41, 5.74) is 9.85. The van der Waals surface area contributed by atoms with Gasteiger partial charge in [-0.25, -0.2) is 15.0 Å². The zero-order valence-corrected chi connectivity index (χ0v) is 25.2. The zero-order valence-electron chi connectivity index (χ0n) is 25.2. The highest BCUT2D eigenvalue weighted by molar-refractivity contribution is 6.28. The number of anilines is 1. The molecule has 0 spiro atoms. The highest BCUT2D eigenvalue weighted by Gasteiger charge is 2.31. The molecular weight excluding hydrogens is 566 g/mol. The number of rotatable bonds is 5. The predicted molar refractivity (Wildman–Crippen MR) is 173 cm³/mol. The minimum absolute atomic E-state index is 0.183. The van der Waals surface area contributed by atoms with Crippen LogP contribution in [0.15, 0.2) is 88.7 Å². The Morgan fingerprint density at radius 1 is 0.978 bits per heavy atom. The summed E-state index contributed by atoms with van der Waals surface area (Å²) >= 11 is 0. The molecule has 10 nitrogen and oxygen atoms in total. The van der Waals surface area contributed by atoms with E-state index in [9.17, 15) is 0 Å². The van der Waals surface area contributed by atoms with Crippen molar-refractivity contribution >= 4 is 22.9 Å². The average Bonchev–Trinajstić information content (AvgIpc) is 3.60. The number of nitrogens with one attached hydrogen (secondary N) is 4. The van der Waals surface area contributed by atoms with E-state index < -0.39 is 0 Å². The number of aliphatic imine (C=N–C) groups is 1. The van der Waals surface area contributed by atoms with E-state index in [-0.39, 0.29) is 18.7 Å². The monoisotopic (exact) mass is 599 g/mol. The smallest absolute Gasteiger partial charge is 0.231 e. The Hall–Kier alpha value is -5.22. The first-order chi connectivity index (χ1) is 22.0. The molecule has 45 heavy (non-hydrogen) atoms. The molecule has 1 aromatic carbocycles. The van der Waals surface area contributed by atoms with Crippen molar-refractivity contribution in [3.05, 3.63) is 106 Å². The molecule has 7 heterocycles. The number of benzene rings is 1. The van der Waals surface area contributed by atoms with Crippen LogP contribution in [-0.2, 0) is 11.2 Å². The van der Waals surface area contributed by atoms with E-state index in [1.54, 1.807) is 0 Å². The van der Waals surface area contributed by atoms with Gasteiger partial charge in [-0.15, -0.1) is 0 Å². The number of amidine groups is 1. The van der Waals surface area contributed by atoms with E-state index in [1.165, 1.54) is 0 Å². The number of piperidine rings is 1. The lowest BCUT2D eigenvalue weighted by Crippen LogP contribution is -2.32. The van der Waals surface area contributed by atoms with Gasteiger partial charge in [0.15, 0.2) is 17.3 Å². The maximum absolute atomic E-state index is 8.66. The first-order valence-electron chi connectivity index (χ1n) is 15.3. The van der Waals surface area contributed by atoms with Crippen molar-refractivity contribution in [2.45, 2.75) is 39.2 Å². The Labute approximate surface area is 261 Å². The van der Waals surface area contributed by atoms with E-state index in [0.717, 1.165) is 93.9 Å². The van der Waals surface area contributed by atoms with Crippen molar-refractivity contribution in [1.82, 2.24) is 20.6 Å². The Balaban J connectivity index is 1.11. The fraction of sp³-hybridized carbons (Fsp3) is 0.257. The van der Waals surface area contributed by atoms with Crippen LogP contribution in [0.25, 0.3) is 16.7 Å². The fourth-order valence-electron chi connectivity index (χ4n) is 6.35. The van der Waals surface area contributed by atoms with Crippen molar-refractivity contribution in [1.29, 1.82) is 5.41 Å². The highest BCUT2D eigenvalue weighted by atomic mass is 16.7. The molecule has 10 heteroatoms. The number of hydrogen-bond acceptors (Lipinski definition) is 9. The summed E-state index contributed by atoms with van der Waals surface area (Å²) in [5, 5.41) is 19.0. The van der Waals surface area contributed by atoms with Crippen molar-refractivity contribution in [3.8, 4) is 22.6 Å². The van der Waals surface area contributed by atoms with Crippen LogP contribution in [0.2, 0.25) is 0 Å². The number of pyridine rings is 2. The quantitative estimate of drug-likeness (QED) is 0.306. The van der Waals surface area contributed by atoms with Crippen molar-refractivity contribution in [3.63, 3.8) is 0 Å². The first-order valence-corrected chi connectivity index (χ1v) is 15.3. The van der Waals surface area contributed by atoms with Gasteiger partial charge in [0.25, 0.3) is 0 Å².